The standard InChI is InChI=1S/C38H42O14/c1-18-26(51-33(44)22-14-10-8-11-15-22)24-31(48-20(3)39)37(7,46)35(49-21(4)40)38(24,47)29(42)19(2)28-32(50-28)36(5,6)30(43)25(41)27(18)52-34(45)23-16-12-9-13-17-23/h8-17,19,24-28,31-32,35,41,46-47H,1H2,2-7H3/t19-,24+,25-,26+,27+,28+,31-,32-,35+,37+,38-/m1/s1. The number of epoxide rings is 1. The second-order valence-electron chi connectivity index (χ2n) is 14.3. The summed E-state index contributed by atoms with van der Waals surface area (Å²) in [6.45, 7) is 11.3. The zero-order valence-corrected chi connectivity index (χ0v) is 29.5. The average molecular weight is 723 g/mol. The highest BCUT2D eigenvalue weighted by Gasteiger charge is 2.76. The van der Waals surface area contributed by atoms with E-state index in [-0.39, 0.29) is 11.1 Å². The molecule has 0 spiro atoms. The van der Waals surface area contributed by atoms with Crippen LogP contribution in [0.1, 0.15) is 62.3 Å². The molecular weight excluding hydrogens is 680 g/mol. The summed E-state index contributed by atoms with van der Waals surface area (Å²) in [5.41, 5.74) is -7.72. The van der Waals surface area contributed by atoms with Crippen LogP contribution < -0.4 is 0 Å². The molecule has 1 heterocycles. The lowest BCUT2D eigenvalue weighted by Crippen LogP contribution is -2.62. The Hall–Kier alpha value is -4.76. The lowest BCUT2D eigenvalue weighted by molar-refractivity contribution is -0.193. The van der Waals surface area contributed by atoms with E-state index in [9.17, 15) is 44.1 Å². The number of benzene rings is 2. The average Bonchev–Trinajstić information content (AvgIpc) is 3.90. The number of ether oxygens (including phenoxy) is 5. The van der Waals surface area contributed by atoms with Crippen LogP contribution in [-0.2, 0) is 42.9 Å². The van der Waals surface area contributed by atoms with Gasteiger partial charge in [-0.15, -0.1) is 0 Å². The van der Waals surface area contributed by atoms with Crippen molar-refractivity contribution in [3.63, 3.8) is 0 Å². The molecule has 14 nitrogen and oxygen atoms in total. The third kappa shape index (κ3) is 6.67. The molecule has 5 rings (SSSR count). The molecule has 2 aliphatic carbocycles. The topological polar surface area (TPSA) is 213 Å². The number of Topliss-reactive ketones (excluding diaryl/α,β-unsaturated/α-hetero) is 2. The summed E-state index contributed by atoms with van der Waals surface area (Å²) < 4.78 is 28.6. The van der Waals surface area contributed by atoms with E-state index in [1.807, 2.05) is 0 Å². The van der Waals surface area contributed by atoms with Crippen LogP contribution in [0.5, 0.6) is 0 Å². The van der Waals surface area contributed by atoms with Crippen molar-refractivity contribution in [2.75, 3.05) is 0 Å². The third-order valence-corrected chi connectivity index (χ3v) is 10.2. The number of hydrogen-bond acceptors (Lipinski definition) is 14. The SMILES string of the molecule is C=C1[C@H](OC(=O)c2ccccc2)[C@H]2[C@@H](OC(C)=O)[C@](C)(O)[C@H](OC(C)=O)[C@]2(O)C(=O)[C@H](C)[C@@H]2O[C@H]2C(C)(C)C(=O)[C@H](O)[C@H]1OC(=O)c1ccccc1. The van der Waals surface area contributed by atoms with Crippen molar-refractivity contribution in [1.29, 1.82) is 0 Å². The van der Waals surface area contributed by atoms with Gasteiger partial charge in [0.25, 0.3) is 0 Å². The highest BCUT2D eigenvalue weighted by Crippen LogP contribution is 2.54. The summed E-state index contributed by atoms with van der Waals surface area (Å²) in [5, 5.41) is 36.7. The van der Waals surface area contributed by atoms with Crippen LogP contribution in [0.3, 0.4) is 0 Å². The molecule has 2 saturated carbocycles. The van der Waals surface area contributed by atoms with E-state index in [0.717, 1.165) is 20.8 Å². The van der Waals surface area contributed by atoms with Crippen molar-refractivity contribution < 1.29 is 67.8 Å². The van der Waals surface area contributed by atoms with Crippen LogP contribution in [0.2, 0.25) is 0 Å². The molecule has 3 aliphatic rings. The van der Waals surface area contributed by atoms with Crippen molar-refractivity contribution in [2.45, 2.75) is 95.5 Å². The van der Waals surface area contributed by atoms with Crippen LogP contribution >= 0.6 is 0 Å². The quantitative estimate of drug-likeness (QED) is 0.168. The van der Waals surface area contributed by atoms with Crippen molar-refractivity contribution in [3.05, 3.63) is 83.9 Å². The number of rotatable bonds is 6. The molecule has 2 aromatic carbocycles. The molecule has 3 fully saturated rings. The number of esters is 4. The predicted octanol–water partition coefficient (Wildman–Crippen LogP) is 1.91. The first-order valence-corrected chi connectivity index (χ1v) is 16.7. The molecule has 0 unspecified atom stereocenters. The molecule has 2 aromatic rings. The smallest absolute Gasteiger partial charge is 0.338 e. The molecule has 11 atom stereocenters. The van der Waals surface area contributed by atoms with Gasteiger partial charge in [0.15, 0.2) is 35.5 Å². The maximum atomic E-state index is 14.8. The molecule has 0 aromatic heterocycles. The molecule has 14 heteroatoms. The van der Waals surface area contributed by atoms with Crippen molar-refractivity contribution >= 4 is 35.4 Å². The fourth-order valence-corrected chi connectivity index (χ4v) is 7.45. The zero-order chi connectivity index (χ0) is 38.5. The normalized spacial score (nSPS) is 35.5. The Labute approximate surface area is 299 Å². The van der Waals surface area contributed by atoms with E-state index in [1.165, 1.54) is 57.2 Å². The minimum absolute atomic E-state index is 0.000709. The van der Waals surface area contributed by atoms with Gasteiger partial charge in [0, 0.05) is 25.3 Å². The Morgan fingerprint density at radius 2 is 1.23 bits per heavy atom. The van der Waals surface area contributed by atoms with Gasteiger partial charge in [-0.3, -0.25) is 19.2 Å². The lowest BCUT2D eigenvalue weighted by atomic mass is 9.70. The highest BCUT2D eigenvalue weighted by atomic mass is 16.6. The Morgan fingerprint density at radius 3 is 1.71 bits per heavy atom. The molecule has 3 N–H and O–H groups in total. The lowest BCUT2D eigenvalue weighted by Gasteiger charge is -2.41. The van der Waals surface area contributed by atoms with E-state index in [1.54, 1.807) is 24.3 Å². The Kier molecular flexibility index (Phi) is 10.4. The van der Waals surface area contributed by atoms with Gasteiger partial charge in [-0.2, -0.15) is 0 Å². The van der Waals surface area contributed by atoms with Crippen LogP contribution in [0.4, 0.5) is 0 Å². The summed E-state index contributed by atoms with van der Waals surface area (Å²) in [5.74, 6) is -9.49. The predicted molar refractivity (Wildman–Crippen MR) is 178 cm³/mol. The molecule has 1 saturated heterocycles. The van der Waals surface area contributed by atoms with Gasteiger partial charge < -0.3 is 39.0 Å². The second kappa shape index (κ2) is 14.0. The number of aliphatic hydroxyl groups excluding tert-OH is 1. The molecule has 1 aliphatic heterocycles. The van der Waals surface area contributed by atoms with Gasteiger partial charge in [-0.1, -0.05) is 63.7 Å². The number of hydrogen-bond donors (Lipinski definition) is 3. The van der Waals surface area contributed by atoms with E-state index in [0.29, 0.717) is 0 Å². The number of carbonyl (C=O) groups is 6. The Balaban J connectivity index is 1.80. The summed E-state index contributed by atoms with van der Waals surface area (Å²) >= 11 is 0. The number of fused-ring (bicyclic) bond motifs is 2. The van der Waals surface area contributed by atoms with Crippen LogP contribution in [0.25, 0.3) is 0 Å². The minimum atomic E-state index is -3.04. The van der Waals surface area contributed by atoms with Gasteiger partial charge in [0.05, 0.1) is 34.7 Å². The van der Waals surface area contributed by atoms with Gasteiger partial charge in [-0.05, 0) is 31.2 Å². The summed E-state index contributed by atoms with van der Waals surface area (Å²) in [6, 6.07) is 15.0. The van der Waals surface area contributed by atoms with E-state index in [4.69, 9.17) is 23.7 Å². The molecule has 0 radical (unpaired) electrons. The number of ketones is 2. The van der Waals surface area contributed by atoms with Crippen molar-refractivity contribution in [2.24, 2.45) is 17.3 Å². The first-order chi connectivity index (χ1) is 24.3. The zero-order valence-electron chi connectivity index (χ0n) is 29.5. The molecule has 278 valence electrons. The fraction of sp³-hybridized carbons (Fsp3) is 0.474. The maximum Gasteiger partial charge on any atom is 0.338 e. The summed E-state index contributed by atoms with van der Waals surface area (Å²) in [4.78, 5) is 81.5. The second-order valence-corrected chi connectivity index (χ2v) is 14.3. The number of carbonyl (C=O) groups excluding carboxylic acids is 6. The largest absolute Gasteiger partial charge is 0.459 e. The van der Waals surface area contributed by atoms with Crippen LogP contribution in [-0.4, -0.2) is 105 Å². The summed E-state index contributed by atoms with van der Waals surface area (Å²) in [7, 11) is 0. The molecular formula is C38H42O14. The van der Waals surface area contributed by atoms with Crippen LogP contribution in [0.15, 0.2) is 72.8 Å². The van der Waals surface area contributed by atoms with Gasteiger partial charge in [0.1, 0.15) is 17.8 Å². The maximum absolute atomic E-state index is 14.8. The molecule has 52 heavy (non-hydrogen) atoms. The number of aliphatic hydroxyl groups is 3. The van der Waals surface area contributed by atoms with E-state index in [2.05, 4.69) is 6.58 Å². The summed E-state index contributed by atoms with van der Waals surface area (Å²) in [6.07, 6.45) is -12.5. The van der Waals surface area contributed by atoms with Crippen molar-refractivity contribution in [1.82, 2.24) is 0 Å². The fourth-order valence-electron chi connectivity index (χ4n) is 7.45. The first kappa shape index (κ1) is 38.5. The highest BCUT2D eigenvalue weighted by molar-refractivity contribution is 5.95. The minimum Gasteiger partial charge on any atom is -0.459 e. The van der Waals surface area contributed by atoms with E-state index >= 15 is 0 Å². The Morgan fingerprint density at radius 1 is 0.750 bits per heavy atom. The third-order valence-electron chi connectivity index (χ3n) is 10.2. The van der Waals surface area contributed by atoms with Gasteiger partial charge in [0.2, 0.25) is 0 Å². The first-order valence-electron chi connectivity index (χ1n) is 16.7. The molecule has 0 bridgehead atoms. The van der Waals surface area contributed by atoms with Gasteiger partial charge in [-0.25, -0.2) is 9.59 Å². The van der Waals surface area contributed by atoms with E-state index < -0.39 is 112 Å². The van der Waals surface area contributed by atoms with Crippen LogP contribution in [0, 0.1) is 17.3 Å². The van der Waals surface area contributed by atoms with Gasteiger partial charge >= 0.3 is 23.9 Å². The Bertz CT molecular complexity index is 1770. The molecule has 0 amide bonds. The van der Waals surface area contributed by atoms with Crippen molar-refractivity contribution in [3.8, 4) is 0 Å². The monoisotopic (exact) mass is 722 g/mol.